The fraction of sp³-hybridized carbons (Fsp3) is 0.389. The van der Waals surface area contributed by atoms with E-state index in [1.54, 1.807) is 12.4 Å². The summed E-state index contributed by atoms with van der Waals surface area (Å²) >= 11 is 6.22. The number of hydrogen-bond acceptors (Lipinski definition) is 4. The molecule has 0 fully saturated rings. The van der Waals surface area contributed by atoms with E-state index in [4.69, 9.17) is 16.3 Å². The molecule has 4 nitrogen and oxygen atoms in total. The number of fused-ring (bicyclic) bond motifs is 1. The summed E-state index contributed by atoms with van der Waals surface area (Å²) in [6.07, 6.45) is 4.74. The van der Waals surface area contributed by atoms with Gasteiger partial charge in [-0.1, -0.05) is 11.6 Å². The average Bonchev–Trinajstić information content (AvgIpc) is 2.76. The fourth-order valence-electron chi connectivity index (χ4n) is 3.00. The Hall–Kier alpha value is -1.62. The lowest BCUT2D eigenvalue weighted by Gasteiger charge is -2.22. The number of aliphatic hydroxyl groups is 1. The van der Waals surface area contributed by atoms with Gasteiger partial charge in [-0.25, -0.2) is 0 Å². The van der Waals surface area contributed by atoms with Crippen LogP contribution < -0.4 is 10.1 Å². The molecule has 1 aliphatic rings. The van der Waals surface area contributed by atoms with Gasteiger partial charge < -0.3 is 15.2 Å². The van der Waals surface area contributed by atoms with Crippen molar-refractivity contribution in [2.75, 3.05) is 13.2 Å². The van der Waals surface area contributed by atoms with Crippen LogP contribution in [0, 0.1) is 6.92 Å². The van der Waals surface area contributed by atoms with Gasteiger partial charge in [0.2, 0.25) is 0 Å². The normalized spacial score (nSPS) is 18.7. The molecule has 0 spiro atoms. The van der Waals surface area contributed by atoms with E-state index < -0.39 is 6.10 Å². The summed E-state index contributed by atoms with van der Waals surface area (Å²) in [6.45, 7) is 3.19. The first-order valence-corrected chi connectivity index (χ1v) is 8.27. The highest BCUT2D eigenvalue weighted by atomic mass is 35.5. The van der Waals surface area contributed by atoms with E-state index in [0.29, 0.717) is 18.2 Å². The highest BCUT2D eigenvalue weighted by Gasteiger charge is 2.22. The van der Waals surface area contributed by atoms with Crippen molar-refractivity contribution < 1.29 is 9.84 Å². The van der Waals surface area contributed by atoms with Gasteiger partial charge in [0.25, 0.3) is 0 Å². The van der Waals surface area contributed by atoms with Crippen LogP contribution in [0.1, 0.15) is 41.7 Å². The van der Waals surface area contributed by atoms with Gasteiger partial charge in [0, 0.05) is 35.6 Å². The first kappa shape index (κ1) is 16.2. The summed E-state index contributed by atoms with van der Waals surface area (Å²) in [6, 6.07) is 7.68. The van der Waals surface area contributed by atoms with E-state index in [2.05, 4.69) is 10.3 Å². The van der Waals surface area contributed by atoms with Crippen molar-refractivity contribution in [2.45, 2.75) is 31.9 Å². The molecule has 1 aromatic carbocycles. The number of ether oxygens (including phenoxy) is 1. The monoisotopic (exact) mass is 332 g/mol. The van der Waals surface area contributed by atoms with E-state index >= 15 is 0 Å². The van der Waals surface area contributed by atoms with Crippen molar-refractivity contribution in [3.8, 4) is 5.75 Å². The molecule has 0 amide bonds. The van der Waals surface area contributed by atoms with E-state index in [-0.39, 0.29) is 6.04 Å². The largest absolute Gasteiger partial charge is 0.493 e. The molecule has 0 aliphatic carbocycles. The smallest absolute Gasteiger partial charge is 0.127 e. The molecule has 2 aromatic rings. The second kappa shape index (κ2) is 7.30. The van der Waals surface area contributed by atoms with E-state index in [9.17, 15) is 5.11 Å². The van der Waals surface area contributed by atoms with Crippen LogP contribution in [0.15, 0.2) is 36.7 Å². The van der Waals surface area contributed by atoms with Crippen LogP contribution in [0.3, 0.4) is 0 Å². The number of pyridine rings is 1. The SMILES string of the molecule is Cc1cc(Cl)cc2c1OCCCC2NCC(O)c1ccncc1. The second-order valence-corrected chi connectivity index (χ2v) is 6.33. The minimum Gasteiger partial charge on any atom is -0.493 e. The van der Waals surface area contributed by atoms with Gasteiger partial charge in [-0.05, 0) is 55.2 Å². The Morgan fingerprint density at radius 1 is 1.39 bits per heavy atom. The van der Waals surface area contributed by atoms with Crippen molar-refractivity contribution >= 4 is 11.6 Å². The van der Waals surface area contributed by atoms with E-state index in [1.165, 1.54) is 0 Å². The minimum atomic E-state index is -0.564. The van der Waals surface area contributed by atoms with Crippen LogP contribution in [-0.2, 0) is 0 Å². The summed E-state index contributed by atoms with van der Waals surface area (Å²) in [4.78, 5) is 3.98. The maximum absolute atomic E-state index is 10.3. The van der Waals surface area contributed by atoms with Gasteiger partial charge >= 0.3 is 0 Å². The Kier molecular flexibility index (Phi) is 5.16. The topological polar surface area (TPSA) is 54.4 Å². The molecule has 3 rings (SSSR count). The van der Waals surface area contributed by atoms with Crippen LogP contribution in [-0.4, -0.2) is 23.2 Å². The zero-order valence-corrected chi connectivity index (χ0v) is 13.9. The van der Waals surface area contributed by atoms with Crippen LogP contribution in [0.4, 0.5) is 0 Å². The number of benzene rings is 1. The predicted molar refractivity (Wildman–Crippen MR) is 90.9 cm³/mol. The van der Waals surface area contributed by atoms with Crippen molar-refractivity contribution in [3.63, 3.8) is 0 Å². The van der Waals surface area contributed by atoms with Crippen molar-refractivity contribution in [1.29, 1.82) is 0 Å². The maximum atomic E-state index is 10.3. The zero-order chi connectivity index (χ0) is 16.2. The van der Waals surface area contributed by atoms with Crippen LogP contribution in [0.2, 0.25) is 5.02 Å². The molecule has 0 radical (unpaired) electrons. The summed E-state index contributed by atoms with van der Waals surface area (Å²) in [7, 11) is 0. The quantitative estimate of drug-likeness (QED) is 0.898. The lowest BCUT2D eigenvalue weighted by atomic mass is 9.99. The fourth-order valence-corrected chi connectivity index (χ4v) is 3.28. The Labute approximate surface area is 141 Å². The molecular weight excluding hydrogens is 312 g/mol. The molecule has 2 atom stereocenters. The zero-order valence-electron chi connectivity index (χ0n) is 13.1. The van der Waals surface area contributed by atoms with Gasteiger partial charge in [-0.2, -0.15) is 0 Å². The van der Waals surface area contributed by atoms with Crippen molar-refractivity contribution in [3.05, 3.63) is 58.4 Å². The molecule has 0 saturated heterocycles. The lowest BCUT2D eigenvalue weighted by Crippen LogP contribution is -2.26. The summed E-state index contributed by atoms with van der Waals surface area (Å²) in [5.41, 5.74) is 2.99. The third-order valence-corrected chi connectivity index (χ3v) is 4.39. The van der Waals surface area contributed by atoms with Gasteiger partial charge in [0.05, 0.1) is 12.7 Å². The molecule has 2 N–H and O–H groups in total. The van der Waals surface area contributed by atoms with Crippen molar-refractivity contribution in [2.24, 2.45) is 0 Å². The number of rotatable bonds is 4. The first-order chi connectivity index (χ1) is 11.1. The third kappa shape index (κ3) is 3.83. The number of halogens is 1. The highest BCUT2D eigenvalue weighted by molar-refractivity contribution is 6.30. The van der Waals surface area contributed by atoms with Gasteiger partial charge in [-0.3, -0.25) is 4.98 Å². The molecule has 23 heavy (non-hydrogen) atoms. The number of aliphatic hydroxyl groups excluding tert-OH is 1. The molecule has 1 aliphatic heterocycles. The first-order valence-electron chi connectivity index (χ1n) is 7.89. The lowest BCUT2D eigenvalue weighted by molar-refractivity contribution is 0.169. The Morgan fingerprint density at radius 2 is 2.17 bits per heavy atom. The number of aromatic nitrogens is 1. The highest BCUT2D eigenvalue weighted by Crippen LogP contribution is 2.36. The summed E-state index contributed by atoms with van der Waals surface area (Å²) < 4.78 is 5.89. The Balaban J connectivity index is 1.76. The van der Waals surface area contributed by atoms with Crippen LogP contribution >= 0.6 is 11.6 Å². The molecule has 5 heteroatoms. The van der Waals surface area contributed by atoms with E-state index in [0.717, 1.165) is 35.3 Å². The molecule has 1 aromatic heterocycles. The number of nitrogens with zero attached hydrogens (tertiary/aromatic N) is 1. The number of aryl methyl sites for hydroxylation is 1. The minimum absolute atomic E-state index is 0.126. The number of nitrogens with one attached hydrogen (secondary N) is 1. The van der Waals surface area contributed by atoms with Gasteiger partial charge in [0.15, 0.2) is 0 Å². The summed E-state index contributed by atoms with van der Waals surface area (Å²) in [5, 5.41) is 14.5. The molecule has 0 bridgehead atoms. The number of hydrogen-bond donors (Lipinski definition) is 2. The molecule has 2 unspecified atom stereocenters. The second-order valence-electron chi connectivity index (χ2n) is 5.89. The standard InChI is InChI=1S/C18H21ClN2O2/c1-12-9-14(19)10-15-16(3-2-8-23-18(12)15)21-11-17(22)13-4-6-20-7-5-13/h4-7,9-10,16-17,21-22H,2-3,8,11H2,1H3. The Bertz CT molecular complexity index is 664. The van der Waals surface area contributed by atoms with Gasteiger partial charge in [0.1, 0.15) is 5.75 Å². The van der Waals surface area contributed by atoms with Gasteiger partial charge in [-0.15, -0.1) is 0 Å². The van der Waals surface area contributed by atoms with Crippen LogP contribution in [0.5, 0.6) is 5.75 Å². The molecule has 0 saturated carbocycles. The average molecular weight is 333 g/mol. The predicted octanol–water partition coefficient (Wildman–Crippen LogP) is 3.58. The molecule has 2 heterocycles. The van der Waals surface area contributed by atoms with E-state index in [1.807, 2.05) is 31.2 Å². The summed E-state index contributed by atoms with van der Waals surface area (Å²) in [5.74, 6) is 0.919. The van der Waals surface area contributed by atoms with Crippen molar-refractivity contribution in [1.82, 2.24) is 10.3 Å². The maximum Gasteiger partial charge on any atom is 0.127 e. The molecule has 122 valence electrons. The Morgan fingerprint density at radius 3 is 2.96 bits per heavy atom. The van der Waals surface area contributed by atoms with Crippen LogP contribution in [0.25, 0.3) is 0 Å². The molecular formula is C18H21ClN2O2. The third-order valence-electron chi connectivity index (χ3n) is 4.18.